The van der Waals surface area contributed by atoms with Gasteiger partial charge < -0.3 is 19.8 Å². The van der Waals surface area contributed by atoms with Crippen LogP contribution in [0.4, 0.5) is 10.1 Å². The highest BCUT2D eigenvalue weighted by Gasteiger charge is 2.13. The lowest BCUT2D eigenvalue weighted by atomic mass is 10.2. The highest BCUT2D eigenvalue weighted by atomic mass is 79.9. The fourth-order valence-electron chi connectivity index (χ4n) is 1.74. The summed E-state index contributed by atoms with van der Waals surface area (Å²) in [6, 6.07) is 7.17. The molecular weight excluding hydrogens is 399 g/mol. The summed E-state index contributed by atoms with van der Waals surface area (Å²) in [6.45, 7) is 0.610. The van der Waals surface area contributed by atoms with Crippen LogP contribution in [0.15, 0.2) is 39.4 Å². The first-order valence-electron chi connectivity index (χ1n) is 7.10. The maximum atomic E-state index is 13.4. The van der Waals surface area contributed by atoms with Gasteiger partial charge in [-0.1, -0.05) is 6.07 Å². The number of anilines is 1. The van der Waals surface area contributed by atoms with E-state index in [0.717, 1.165) is 6.07 Å². The van der Waals surface area contributed by atoms with Crippen LogP contribution in [0.1, 0.15) is 16.1 Å². The lowest BCUT2D eigenvalue weighted by Gasteiger charge is -2.08. The van der Waals surface area contributed by atoms with Crippen molar-refractivity contribution in [3.8, 4) is 0 Å². The molecule has 1 aromatic carbocycles. The van der Waals surface area contributed by atoms with Crippen LogP contribution in [0.3, 0.4) is 0 Å². The van der Waals surface area contributed by atoms with E-state index in [1.807, 2.05) is 0 Å². The van der Waals surface area contributed by atoms with Gasteiger partial charge in [-0.2, -0.15) is 0 Å². The van der Waals surface area contributed by atoms with Crippen LogP contribution in [0.25, 0.3) is 0 Å². The molecule has 0 unspecified atom stereocenters. The van der Waals surface area contributed by atoms with Crippen molar-refractivity contribution in [2.24, 2.45) is 0 Å². The topological polar surface area (TPSA) is 97.6 Å². The summed E-state index contributed by atoms with van der Waals surface area (Å²) in [7, 11) is 0. The Morgan fingerprint density at radius 3 is 2.64 bits per heavy atom. The van der Waals surface area contributed by atoms with Gasteiger partial charge in [0.1, 0.15) is 12.4 Å². The Hall–Kier alpha value is -2.68. The zero-order valence-corrected chi connectivity index (χ0v) is 14.7. The summed E-state index contributed by atoms with van der Waals surface area (Å²) in [4.78, 5) is 34.8. The average Bonchev–Trinajstić information content (AvgIpc) is 3.00. The van der Waals surface area contributed by atoms with Crippen LogP contribution in [-0.4, -0.2) is 30.9 Å². The number of rotatable bonds is 6. The van der Waals surface area contributed by atoms with Crippen molar-refractivity contribution in [1.82, 2.24) is 5.32 Å². The Kier molecular flexibility index (Phi) is 6.29. The van der Waals surface area contributed by atoms with Crippen molar-refractivity contribution in [3.63, 3.8) is 0 Å². The molecule has 0 spiro atoms. The van der Waals surface area contributed by atoms with Crippen molar-refractivity contribution >= 4 is 39.4 Å². The summed E-state index contributed by atoms with van der Waals surface area (Å²) in [6.07, 6.45) is 0. The predicted octanol–water partition coefficient (Wildman–Crippen LogP) is 2.40. The number of amides is 2. The molecule has 0 aliphatic heterocycles. The molecule has 0 saturated heterocycles. The molecule has 2 amide bonds. The third-order valence-electron chi connectivity index (χ3n) is 3.01. The summed E-state index contributed by atoms with van der Waals surface area (Å²) < 4.78 is 23.5. The molecule has 0 aliphatic rings. The molecule has 2 aromatic rings. The van der Waals surface area contributed by atoms with Crippen molar-refractivity contribution in [2.45, 2.75) is 6.92 Å². The van der Waals surface area contributed by atoms with Gasteiger partial charge in [-0.15, -0.1) is 0 Å². The van der Waals surface area contributed by atoms with E-state index in [4.69, 9.17) is 9.15 Å². The fourth-order valence-corrected chi connectivity index (χ4v) is 2.05. The summed E-state index contributed by atoms with van der Waals surface area (Å²) in [5.41, 5.74) is 0.699. The Labute approximate surface area is 150 Å². The van der Waals surface area contributed by atoms with Crippen molar-refractivity contribution in [1.29, 1.82) is 0 Å². The van der Waals surface area contributed by atoms with E-state index in [-0.39, 0.29) is 11.4 Å². The molecule has 0 radical (unpaired) electrons. The van der Waals surface area contributed by atoms with Crippen LogP contribution in [-0.2, 0) is 14.3 Å². The summed E-state index contributed by atoms with van der Waals surface area (Å²) >= 11 is 3.05. The third kappa shape index (κ3) is 5.71. The SMILES string of the molecule is Cc1ccc(NC(=O)COC(=O)CNC(=O)c2ccc(Br)o2)cc1F. The quantitative estimate of drug-likeness (QED) is 0.709. The molecule has 25 heavy (non-hydrogen) atoms. The minimum absolute atomic E-state index is 0.0267. The number of ether oxygens (including phenoxy) is 1. The Bertz CT molecular complexity index is 806. The number of nitrogens with one attached hydrogen (secondary N) is 2. The molecule has 1 aromatic heterocycles. The van der Waals surface area contributed by atoms with E-state index in [9.17, 15) is 18.8 Å². The van der Waals surface area contributed by atoms with Gasteiger partial charge >= 0.3 is 5.97 Å². The van der Waals surface area contributed by atoms with E-state index in [1.165, 1.54) is 24.3 Å². The van der Waals surface area contributed by atoms with Gasteiger partial charge in [0.05, 0.1) is 0 Å². The molecule has 132 valence electrons. The summed E-state index contributed by atoms with van der Waals surface area (Å²) in [5.74, 6) is -2.45. The van der Waals surface area contributed by atoms with Crippen LogP contribution in [0.5, 0.6) is 0 Å². The number of halogens is 2. The fraction of sp³-hybridized carbons (Fsp3) is 0.188. The molecule has 0 atom stereocenters. The second-order valence-electron chi connectivity index (χ2n) is 4.96. The van der Waals surface area contributed by atoms with Gasteiger partial charge in [0, 0.05) is 5.69 Å². The molecule has 1 heterocycles. The standard InChI is InChI=1S/C16H14BrFN2O5/c1-9-2-3-10(6-11(9)18)20-14(21)8-24-15(22)7-19-16(23)12-4-5-13(17)25-12/h2-6H,7-8H2,1H3,(H,19,23)(H,20,21). The van der Waals surface area contributed by atoms with E-state index in [0.29, 0.717) is 10.2 Å². The Balaban J connectivity index is 1.72. The van der Waals surface area contributed by atoms with Crippen LogP contribution < -0.4 is 10.6 Å². The predicted molar refractivity (Wildman–Crippen MR) is 89.5 cm³/mol. The second-order valence-corrected chi connectivity index (χ2v) is 5.74. The van der Waals surface area contributed by atoms with Gasteiger partial charge in [0.25, 0.3) is 11.8 Å². The molecule has 0 aliphatic carbocycles. The molecule has 7 nitrogen and oxygen atoms in total. The molecule has 2 N–H and O–H groups in total. The average molecular weight is 413 g/mol. The van der Waals surface area contributed by atoms with E-state index >= 15 is 0 Å². The number of carbonyl (C=O) groups excluding carboxylic acids is 3. The van der Waals surface area contributed by atoms with E-state index < -0.39 is 36.8 Å². The highest BCUT2D eigenvalue weighted by Crippen LogP contribution is 2.14. The summed E-state index contributed by atoms with van der Waals surface area (Å²) in [5, 5.41) is 4.68. The smallest absolute Gasteiger partial charge is 0.325 e. The normalized spacial score (nSPS) is 10.2. The number of hydrogen-bond donors (Lipinski definition) is 2. The number of hydrogen-bond acceptors (Lipinski definition) is 5. The largest absolute Gasteiger partial charge is 0.454 e. The lowest BCUT2D eigenvalue weighted by molar-refractivity contribution is -0.146. The first-order chi connectivity index (χ1) is 11.8. The Morgan fingerprint density at radius 1 is 1.24 bits per heavy atom. The maximum Gasteiger partial charge on any atom is 0.325 e. The number of furan rings is 1. The first kappa shape index (κ1) is 18.7. The van der Waals surface area contributed by atoms with Crippen LogP contribution >= 0.6 is 15.9 Å². The molecular formula is C16H14BrFN2O5. The van der Waals surface area contributed by atoms with Crippen LogP contribution in [0.2, 0.25) is 0 Å². The Morgan fingerprint density at radius 2 is 2.00 bits per heavy atom. The molecule has 0 bridgehead atoms. The third-order valence-corrected chi connectivity index (χ3v) is 3.44. The van der Waals surface area contributed by atoms with Crippen molar-refractivity contribution < 1.29 is 27.9 Å². The lowest BCUT2D eigenvalue weighted by Crippen LogP contribution is -2.32. The van der Waals surface area contributed by atoms with Crippen molar-refractivity contribution in [3.05, 3.63) is 52.1 Å². The first-order valence-corrected chi connectivity index (χ1v) is 7.89. The van der Waals surface area contributed by atoms with Gasteiger partial charge in [-0.25, -0.2) is 4.39 Å². The molecule has 2 rings (SSSR count). The van der Waals surface area contributed by atoms with Crippen LogP contribution in [0, 0.1) is 12.7 Å². The van der Waals surface area contributed by atoms with Gasteiger partial charge in [-0.3, -0.25) is 14.4 Å². The van der Waals surface area contributed by atoms with Crippen molar-refractivity contribution in [2.75, 3.05) is 18.5 Å². The number of carbonyl (C=O) groups is 3. The van der Waals surface area contributed by atoms with Gasteiger partial charge in [0.15, 0.2) is 17.0 Å². The number of benzene rings is 1. The van der Waals surface area contributed by atoms with E-state index in [2.05, 4.69) is 26.6 Å². The second kappa shape index (κ2) is 8.43. The molecule has 0 saturated carbocycles. The molecule has 9 heteroatoms. The van der Waals surface area contributed by atoms with Gasteiger partial charge in [-0.05, 0) is 52.7 Å². The zero-order valence-electron chi connectivity index (χ0n) is 13.1. The monoisotopic (exact) mass is 412 g/mol. The highest BCUT2D eigenvalue weighted by molar-refractivity contribution is 9.10. The zero-order chi connectivity index (χ0) is 18.4. The minimum atomic E-state index is -0.802. The van der Waals surface area contributed by atoms with Gasteiger partial charge in [0.2, 0.25) is 0 Å². The maximum absolute atomic E-state index is 13.4. The minimum Gasteiger partial charge on any atom is -0.454 e. The van der Waals surface area contributed by atoms with E-state index in [1.54, 1.807) is 6.92 Å². The number of esters is 1. The molecule has 0 fully saturated rings. The number of aryl methyl sites for hydroxylation is 1.